The molecule has 80 valence electrons. The van der Waals surface area contributed by atoms with Gasteiger partial charge in [-0.25, -0.2) is 0 Å². The second-order valence-corrected chi connectivity index (χ2v) is 4.18. The van der Waals surface area contributed by atoms with Gasteiger partial charge in [0.2, 0.25) is 0 Å². The lowest BCUT2D eigenvalue weighted by molar-refractivity contribution is 0.229. The van der Waals surface area contributed by atoms with E-state index in [4.69, 9.17) is 0 Å². The van der Waals surface area contributed by atoms with Gasteiger partial charge in [0.1, 0.15) is 0 Å². The Morgan fingerprint density at radius 2 is 1.77 bits per heavy atom. The Kier molecular flexibility index (Phi) is 7.29. The maximum Gasteiger partial charge on any atom is 0.00384 e. The second-order valence-electron chi connectivity index (χ2n) is 4.18. The van der Waals surface area contributed by atoms with Gasteiger partial charge < -0.3 is 10.2 Å². The smallest absolute Gasteiger partial charge is 0.00384 e. The first-order valence-electron chi connectivity index (χ1n) is 5.55. The molecule has 0 radical (unpaired) electrons. The molecule has 0 aliphatic carbocycles. The van der Waals surface area contributed by atoms with Crippen LogP contribution in [0.15, 0.2) is 0 Å². The average Bonchev–Trinajstić information content (AvgIpc) is 2.03. The van der Waals surface area contributed by atoms with E-state index in [-0.39, 0.29) is 0 Å². The van der Waals surface area contributed by atoms with Crippen LogP contribution < -0.4 is 5.32 Å². The van der Waals surface area contributed by atoms with E-state index in [1.54, 1.807) is 0 Å². The Morgan fingerprint density at radius 1 is 1.15 bits per heavy atom. The molecule has 13 heavy (non-hydrogen) atoms. The van der Waals surface area contributed by atoms with Crippen LogP contribution >= 0.6 is 0 Å². The summed E-state index contributed by atoms with van der Waals surface area (Å²) in [6.07, 6.45) is 1.25. The number of hydrogen-bond acceptors (Lipinski definition) is 2. The van der Waals surface area contributed by atoms with Gasteiger partial charge in [-0.1, -0.05) is 20.8 Å². The molecule has 0 aromatic carbocycles. The van der Waals surface area contributed by atoms with Crippen LogP contribution in [-0.2, 0) is 0 Å². The van der Waals surface area contributed by atoms with Gasteiger partial charge in [0.15, 0.2) is 0 Å². The molecule has 2 nitrogen and oxygen atoms in total. The fraction of sp³-hybridized carbons (Fsp3) is 1.00. The predicted octanol–water partition coefficient (Wildman–Crippen LogP) is 2.10. The Labute approximate surface area is 83.7 Å². The molecule has 2 heteroatoms. The molecular formula is C11H26N2. The highest BCUT2D eigenvalue weighted by molar-refractivity contribution is 4.62. The fourth-order valence-corrected chi connectivity index (χ4v) is 1.45. The minimum atomic E-state index is 0.620. The van der Waals surface area contributed by atoms with Crippen molar-refractivity contribution in [3.05, 3.63) is 0 Å². The maximum absolute atomic E-state index is 3.44. The zero-order chi connectivity index (χ0) is 10.3. The van der Waals surface area contributed by atoms with Gasteiger partial charge in [0, 0.05) is 12.1 Å². The molecule has 1 N–H and O–H groups in total. The van der Waals surface area contributed by atoms with Crippen molar-refractivity contribution in [2.45, 2.75) is 53.1 Å². The lowest BCUT2D eigenvalue weighted by atomic mass is 10.3. The summed E-state index contributed by atoms with van der Waals surface area (Å²) in [7, 11) is 0. The summed E-state index contributed by atoms with van der Waals surface area (Å²) in [6.45, 7) is 14.7. The molecule has 0 bridgehead atoms. The molecular weight excluding hydrogens is 160 g/mol. The summed E-state index contributed by atoms with van der Waals surface area (Å²) < 4.78 is 0. The summed E-state index contributed by atoms with van der Waals surface area (Å²) in [5.74, 6) is 0. The highest BCUT2D eigenvalue weighted by Crippen LogP contribution is 1.98. The van der Waals surface area contributed by atoms with E-state index in [0.29, 0.717) is 12.1 Å². The van der Waals surface area contributed by atoms with Crippen LogP contribution in [0.1, 0.15) is 41.0 Å². The predicted molar refractivity (Wildman–Crippen MR) is 60.1 cm³/mol. The summed E-state index contributed by atoms with van der Waals surface area (Å²) in [5, 5.41) is 3.44. The van der Waals surface area contributed by atoms with E-state index in [2.05, 4.69) is 44.8 Å². The molecule has 0 saturated heterocycles. The molecule has 0 heterocycles. The highest BCUT2D eigenvalue weighted by Gasteiger charge is 2.05. The van der Waals surface area contributed by atoms with Crippen LogP contribution in [-0.4, -0.2) is 36.6 Å². The van der Waals surface area contributed by atoms with Crippen molar-refractivity contribution < 1.29 is 0 Å². The molecule has 0 unspecified atom stereocenters. The molecule has 0 amide bonds. The third kappa shape index (κ3) is 7.03. The third-order valence-corrected chi connectivity index (χ3v) is 2.31. The highest BCUT2D eigenvalue weighted by atomic mass is 15.1. The molecule has 0 atom stereocenters. The summed E-state index contributed by atoms with van der Waals surface area (Å²) in [5.41, 5.74) is 0. The van der Waals surface area contributed by atoms with Crippen LogP contribution in [0.3, 0.4) is 0 Å². The first-order valence-corrected chi connectivity index (χ1v) is 5.55. The van der Waals surface area contributed by atoms with E-state index in [1.165, 1.54) is 19.5 Å². The first kappa shape index (κ1) is 12.9. The monoisotopic (exact) mass is 186 g/mol. The van der Waals surface area contributed by atoms with Gasteiger partial charge in [-0.05, 0) is 39.9 Å². The Hall–Kier alpha value is -0.0800. The quantitative estimate of drug-likeness (QED) is 0.613. The number of nitrogens with one attached hydrogen (secondary N) is 1. The van der Waals surface area contributed by atoms with Crippen molar-refractivity contribution >= 4 is 0 Å². The standard InChI is InChI=1S/C11H26N2/c1-6-13(11(4)5)9-7-8-12-10(2)3/h10-12H,6-9H2,1-5H3. The minimum absolute atomic E-state index is 0.620. The van der Waals surface area contributed by atoms with E-state index in [9.17, 15) is 0 Å². The number of rotatable bonds is 7. The van der Waals surface area contributed by atoms with Crippen LogP contribution in [0, 0.1) is 0 Å². The van der Waals surface area contributed by atoms with Crippen LogP contribution in [0.5, 0.6) is 0 Å². The topological polar surface area (TPSA) is 15.3 Å². The van der Waals surface area contributed by atoms with Crippen molar-refractivity contribution in [1.29, 1.82) is 0 Å². The molecule has 0 rings (SSSR count). The Bertz CT molecular complexity index is 111. The molecule has 0 spiro atoms. The van der Waals surface area contributed by atoms with Gasteiger partial charge in [0.05, 0.1) is 0 Å². The summed E-state index contributed by atoms with van der Waals surface area (Å²) in [6, 6.07) is 1.30. The van der Waals surface area contributed by atoms with Crippen LogP contribution in [0.4, 0.5) is 0 Å². The van der Waals surface area contributed by atoms with Crippen molar-refractivity contribution in [1.82, 2.24) is 10.2 Å². The third-order valence-electron chi connectivity index (χ3n) is 2.31. The van der Waals surface area contributed by atoms with Gasteiger partial charge in [-0.3, -0.25) is 0 Å². The molecule has 0 aliphatic heterocycles. The largest absolute Gasteiger partial charge is 0.314 e. The molecule has 0 aromatic rings. The van der Waals surface area contributed by atoms with Crippen molar-refractivity contribution in [2.75, 3.05) is 19.6 Å². The zero-order valence-electron chi connectivity index (χ0n) is 9.93. The van der Waals surface area contributed by atoms with Gasteiger partial charge in [-0.15, -0.1) is 0 Å². The molecule has 0 saturated carbocycles. The second kappa shape index (κ2) is 7.34. The molecule has 0 fully saturated rings. The normalized spacial score (nSPS) is 12.0. The minimum Gasteiger partial charge on any atom is -0.314 e. The zero-order valence-corrected chi connectivity index (χ0v) is 9.93. The first-order chi connectivity index (χ1) is 6.07. The summed E-state index contributed by atoms with van der Waals surface area (Å²) >= 11 is 0. The van der Waals surface area contributed by atoms with Gasteiger partial charge in [-0.2, -0.15) is 0 Å². The van der Waals surface area contributed by atoms with E-state index < -0.39 is 0 Å². The number of nitrogens with zero attached hydrogens (tertiary/aromatic N) is 1. The Morgan fingerprint density at radius 3 is 2.15 bits per heavy atom. The van der Waals surface area contributed by atoms with E-state index in [0.717, 1.165) is 6.54 Å². The molecule has 0 aromatic heterocycles. The van der Waals surface area contributed by atoms with E-state index in [1.807, 2.05) is 0 Å². The van der Waals surface area contributed by atoms with Crippen molar-refractivity contribution in [3.63, 3.8) is 0 Å². The van der Waals surface area contributed by atoms with Gasteiger partial charge in [0.25, 0.3) is 0 Å². The van der Waals surface area contributed by atoms with Crippen molar-refractivity contribution in [3.8, 4) is 0 Å². The lowest BCUT2D eigenvalue weighted by Gasteiger charge is -2.24. The van der Waals surface area contributed by atoms with Crippen LogP contribution in [0.2, 0.25) is 0 Å². The fourth-order valence-electron chi connectivity index (χ4n) is 1.45. The lowest BCUT2D eigenvalue weighted by Crippen LogP contribution is -2.34. The average molecular weight is 186 g/mol. The number of hydrogen-bond donors (Lipinski definition) is 1. The maximum atomic E-state index is 3.44. The summed E-state index contributed by atoms with van der Waals surface area (Å²) in [4.78, 5) is 2.50. The van der Waals surface area contributed by atoms with Crippen LogP contribution in [0.25, 0.3) is 0 Å². The SMILES string of the molecule is CCN(CCCNC(C)C)C(C)C. The van der Waals surface area contributed by atoms with Gasteiger partial charge >= 0.3 is 0 Å². The van der Waals surface area contributed by atoms with E-state index >= 15 is 0 Å². The Balaban J connectivity index is 3.39. The molecule has 0 aliphatic rings. The van der Waals surface area contributed by atoms with Crippen molar-refractivity contribution in [2.24, 2.45) is 0 Å².